The van der Waals surface area contributed by atoms with Gasteiger partial charge < -0.3 is 15.0 Å². The van der Waals surface area contributed by atoms with Crippen LogP contribution in [0.4, 0.5) is 8.78 Å². The third-order valence-electron chi connectivity index (χ3n) is 3.18. The fourth-order valence-electron chi connectivity index (χ4n) is 2.06. The van der Waals surface area contributed by atoms with Gasteiger partial charge in [0.2, 0.25) is 5.91 Å². The number of hydrogen-bond donors (Lipinski definition) is 1. The van der Waals surface area contributed by atoms with E-state index in [-0.39, 0.29) is 30.7 Å². The Morgan fingerprint density at radius 1 is 1.70 bits per heavy atom. The highest BCUT2D eigenvalue weighted by atomic mass is 19.3. The van der Waals surface area contributed by atoms with Crippen molar-refractivity contribution in [2.45, 2.75) is 25.6 Å². The normalized spacial score (nSPS) is 19.3. The van der Waals surface area contributed by atoms with E-state index >= 15 is 0 Å². The van der Waals surface area contributed by atoms with Crippen molar-refractivity contribution >= 4 is 5.91 Å². The van der Waals surface area contributed by atoms with Crippen LogP contribution in [0.25, 0.3) is 0 Å². The summed E-state index contributed by atoms with van der Waals surface area (Å²) >= 11 is 0. The highest BCUT2D eigenvalue weighted by Crippen LogP contribution is 2.14. The number of aromatic nitrogens is 2. The van der Waals surface area contributed by atoms with Crippen LogP contribution in [-0.4, -0.2) is 53.2 Å². The zero-order valence-electron chi connectivity index (χ0n) is 11.3. The smallest absolute Gasteiger partial charge is 0.319 e. The molecule has 0 saturated carbocycles. The van der Waals surface area contributed by atoms with E-state index in [0.717, 1.165) is 11.1 Å². The first-order valence-corrected chi connectivity index (χ1v) is 6.43. The van der Waals surface area contributed by atoms with Crippen LogP contribution in [0.15, 0.2) is 12.4 Å². The van der Waals surface area contributed by atoms with Gasteiger partial charge in [-0.15, -0.1) is 0 Å². The molecule has 20 heavy (non-hydrogen) atoms. The monoisotopic (exact) mass is 288 g/mol. The summed E-state index contributed by atoms with van der Waals surface area (Å²) in [4.78, 5) is 17.3. The second kappa shape index (κ2) is 6.76. The van der Waals surface area contributed by atoms with Gasteiger partial charge in [0.15, 0.2) is 0 Å². The minimum atomic E-state index is -2.65. The molecule has 0 bridgehead atoms. The van der Waals surface area contributed by atoms with E-state index in [1.165, 1.54) is 17.3 Å². The minimum Gasteiger partial charge on any atom is -0.378 e. The van der Waals surface area contributed by atoms with Crippen molar-refractivity contribution < 1.29 is 18.3 Å². The van der Waals surface area contributed by atoms with Crippen molar-refractivity contribution in [2.24, 2.45) is 0 Å². The lowest BCUT2D eigenvalue weighted by Gasteiger charge is -2.25. The molecule has 6 nitrogen and oxygen atoms in total. The topological polar surface area (TPSA) is 59.4 Å². The van der Waals surface area contributed by atoms with Gasteiger partial charge in [-0.3, -0.25) is 9.36 Å². The fourth-order valence-corrected chi connectivity index (χ4v) is 2.06. The number of carbonyl (C=O) groups excluding carboxylic acids is 1. The number of amides is 1. The summed E-state index contributed by atoms with van der Waals surface area (Å²) in [6.07, 6.45) is 2.79. The van der Waals surface area contributed by atoms with Gasteiger partial charge in [-0.2, -0.15) is 8.78 Å². The Morgan fingerprint density at radius 3 is 3.15 bits per heavy atom. The Hall–Kier alpha value is -1.54. The van der Waals surface area contributed by atoms with Gasteiger partial charge in [0, 0.05) is 38.4 Å². The van der Waals surface area contributed by atoms with Crippen LogP contribution in [0, 0.1) is 0 Å². The van der Waals surface area contributed by atoms with Crippen LogP contribution in [-0.2, 0) is 16.1 Å². The van der Waals surface area contributed by atoms with E-state index in [2.05, 4.69) is 10.3 Å². The zero-order chi connectivity index (χ0) is 14.5. The molecule has 1 aromatic rings. The van der Waals surface area contributed by atoms with Crippen molar-refractivity contribution in [1.82, 2.24) is 19.8 Å². The van der Waals surface area contributed by atoms with Gasteiger partial charge in [-0.1, -0.05) is 0 Å². The van der Waals surface area contributed by atoms with E-state index < -0.39 is 6.55 Å². The molecule has 1 aromatic heterocycles. The molecule has 8 heteroatoms. The first-order chi connectivity index (χ1) is 9.58. The number of imidazole rings is 1. The summed E-state index contributed by atoms with van der Waals surface area (Å²) in [5, 5.41) is 3.18. The van der Waals surface area contributed by atoms with Crippen LogP contribution >= 0.6 is 0 Å². The Kier molecular flexibility index (Phi) is 5.02. The van der Waals surface area contributed by atoms with E-state index in [9.17, 15) is 13.6 Å². The summed E-state index contributed by atoms with van der Waals surface area (Å²) in [6, 6.07) is -0.0199. The van der Waals surface area contributed by atoms with Crippen LogP contribution in [0.3, 0.4) is 0 Å². The van der Waals surface area contributed by atoms with Crippen molar-refractivity contribution in [3.05, 3.63) is 18.2 Å². The maximum Gasteiger partial charge on any atom is 0.319 e. The Balaban J connectivity index is 1.88. The molecule has 1 saturated heterocycles. The zero-order valence-corrected chi connectivity index (χ0v) is 11.3. The molecule has 1 N–H and O–H groups in total. The average Bonchev–Trinajstić information content (AvgIpc) is 2.88. The number of halogens is 2. The van der Waals surface area contributed by atoms with Crippen molar-refractivity contribution in [3.8, 4) is 0 Å². The van der Waals surface area contributed by atoms with Crippen LogP contribution in [0.1, 0.15) is 18.8 Å². The summed E-state index contributed by atoms with van der Waals surface area (Å²) in [5.74, 6) is 0.0421. The van der Waals surface area contributed by atoms with E-state index in [1.54, 1.807) is 7.05 Å². The van der Waals surface area contributed by atoms with Crippen LogP contribution < -0.4 is 5.32 Å². The number of nitrogens with one attached hydrogen (secondary N) is 1. The molecule has 0 aromatic carbocycles. The standard InChI is InChI=1S/C12H18F2N4O2/c1-17(7-10-16-2-4-18(10)12(13)14)11(19)6-9-8-20-5-3-15-9/h2,4,9,12,15H,3,5-8H2,1H3. The molecule has 112 valence electrons. The lowest BCUT2D eigenvalue weighted by Crippen LogP contribution is -2.44. The van der Waals surface area contributed by atoms with Crippen molar-refractivity contribution in [1.29, 1.82) is 0 Å². The molecule has 0 spiro atoms. The molecule has 1 aliphatic heterocycles. The number of alkyl halides is 2. The molecule has 0 aliphatic carbocycles. The third kappa shape index (κ3) is 3.73. The maximum atomic E-state index is 12.7. The largest absolute Gasteiger partial charge is 0.378 e. The van der Waals surface area contributed by atoms with Gasteiger partial charge >= 0.3 is 6.55 Å². The predicted molar refractivity (Wildman–Crippen MR) is 67.2 cm³/mol. The molecular formula is C12H18F2N4O2. The molecule has 1 aliphatic rings. The Morgan fingerprint density at radius 2 is 2.50 bits per heavy atom. The SMILES string of the molecule is CN(Cc1nccn1C(F)F)C(=O)CC1COCCN1. The van der Waals surface area contributed by atoms with Gasteiger partial charge in [-0.05, 0) is 0 Å². The van der Waals surface area contributed by atoms with Gasteiger partial charge in [0.05, 0.1) is 19.8 Å². The maximum absolute atomic E-state index is 12.7. The fraction of sp³-hybridized carbons (Fsp3) is 0.667. The average molecular weight is 288 g/mol. The van der Waals surface area contributed by atoms with Crippen LogP contribution in [0.5, 0.6) is 0 Å². The lowest BCUT2D eigenvalue weighted by molar-refractivity contribution is -0.131. The first-order valence-electron chi connectivity index (χ1n) is 6.43. The molecule has 1 unspecified atom stereocenters. The van der Waals surface area contributed by atoms with E-state index in [1.807, 2.05) is 0 Å². The minimum absolute atomic E-state index is 0.0199. The Labute approximate surface area is 115 Å². The first kappa shape index (κ1) is 14.9. The van der Waals surface area contributed by atoms with Gasteiger partial charge in [0.1, 0.15) is 5.82 Å². The highest BCUT2D eigenvalue weighted by molar-refractivity contribution is 5.76. The molecule has 0 radical (unpaired) electrons. The molecule has 1 amide bonds. The number of carbonyl (C=O) groups is 1. The summed E-state index contributed by atoms with van der Waals surface area (Å²) in [6.45, 7) is -0.733. The predicted octanol–water partition coefficient (Wildman–Crippen LogP) is 0.615. The molecule has 1 atom stereocenters. The molecule has 2 rings (SSSR count). The molecule has 1 fully saturated rings. The second-order valence-corrected chi connectivity index (χ2v) is 4.71. The van der Waals surface area contributed by atoms with Gasteiger partial charge in [0.25, 0.3) is 0 Å². The van der Waals surface area contributed by atoms with E-state index in [4.69, 9.17) is 4.74 Å². The number of morpholine rings is 1. The van der Waals surface area contributed by atoms with Crippen LogP contribution in [0.2, 0.25) is 0 Å². The van der Waals surface area contributed by atoms with Crippen molar-refractivity contribution in [3.63, 3.8) is 0 Å². The second-order valence-electron chi connectivity index (χ2n) is 4.71. The van der Waals surface area contributed by atoms with Crippen molar-refractivity contribution in [2.75, 3.05) is 26.8 Å². The number of ether oxygens (including phenoxy) is 1. The molecular weight excluding hydrogens is 270 g/mol. The molecule has 2 heterocycles. The summed E-state index contributed by atoms with van der Waals surface area (Å²) in [5.41, 5.74) is 0. The lowest BCUT2D eigenvalue weighted by atomic mass is 10.2. The summed E-state index contributed by atoms with van der Waals surface area (Å²) in [7, 11) is 1.58. The Bertz CT molecular complexity index is 446. The summed E-state index contributed by atoms with van der Waals surface area (Å²) < 4.78 is 31.4. The third-order valence-corrected chi connectivity index (χ3v) is 3.18. The number of hydrogen-bond acceptors (Lipinski definition) is 4. The number of nitrogens with zero attached hydrogens (tertiary/aromatic N) is 3. The quantitative estimate of drug-likeness (QED) is 0.862. The van der Waals surface area contributed by atoms with Gasteiger partial charge in [-0.25, -0.2) is 4.98 Å². The highest BCUT2D eigenvalue weighted by Gasteiger charge is 2.21. The van der Waals surface area contributed by atoms with E-state index in [0.29, 0.717) is 13.2 Å². The number of rotatable bonds is 5.